The van der Waals surface area contributed by atoms with Gasteiger partial charge in [0.05, 0.1) is 0 Å². The maximum atomic E-state index is 12.0. The largest absolute Gasteiger partial charge is 0.431 e. The van der Waals surface area contributed by atoms with Crippen LogP contribution in [0.4, 0.5) is 0 Å². The van der Waals surface area contributed by atoms with Crippen molar-refractivity contribution in [1.82, 2.24) is 10.3 Å². The van der Waals surface area contributed by atoms with E-state index in [0.29, 0.717) is 42.3 Å². The molecule has 3 aromatic rings. The molecular formula is C21H20N2O3S. The first-order valence-electron chi connectivity index (χ1n) is 8.72. The van der Waals surface area contributed by atoms with Crippen LogP contribution in [0.2, 0.25) is 0 Å². The molecule has 1 N–H and O–H groups in total. The number of nitrogens with one attached hydrogen (secondary N) is 1. The van der Waals surface area contributed by atoms with Crippen LogP contribution in [0.3, 0.4) is 0 Å². The van der Waals surface area contributed by atoms with Crippen LogP contribution in [0, 0.1) is 0 Å². The van der Waals surface area contributed by atoms with Gasteiger partial charge in [0.25, 0.3) is 5.19 Å². The minimum Gasteiger partial charge on any atom is -0.431 e. The Kier molecular flexibility index (Phi) is 6.71. The lowest BCUT2D eigenvalue weighted by molar-refractivity contribution is -0.121. The number of carbonyl (C=O) groups is 2. The van der Waals surface area contributed by atoms with E-state index in [1.54, 1.807) is 18.3 Å². The lowest BCUT2D eigenvalue weighted by atomic mass is 10.1. The average Bonchev–Trinajstić information content (AvgIpc) is 3.21. The summed E-state index contributed by atoms with van der Waals surface area (Å²) in [4.78, 5) is 28.0. The Hall–Kier alpha value is -2.99. The van der Waals surface area contributed by atoms with Crippen LogP contribution >= 0.6 is 11.3 Å². The predicted molar refractivity (Wildman–Crippen MR) is 105 cm³/mol. The van der Waals surface area contributed by atoms with Gasteiger partial charge in [0.2, 0.25) is 5.91 Å². The number of nitrogens with zero attached hydrogens (tertiary/aromatic N) is 1. The summed E-state index contributed by atoms with van der Waals surface area (Å²) >= 11 is 1.43. The van der Waals surface area contributed by atoms with Gasteiger partial charge in [0, 0.05) is 36.5 Å². The summed E-state index contributed by atoms with van der Waals surface area (Å²) in [5.74, 6) is 0.720. The van der Waals surface area contributed by atoms with Gasteiger partial charge >= 0.3 is 0 Å². The van der Waals surface area contributed by atoms with Gasteiger partial charge in [0.15, 0.2) is 5.78 Å². The van der Waals surface area contributed by atoms with Gasteiger partial charge in [-0.25, -0.2) is 4.98 Å². The third-order valence-corrected chi connectivity index (χ3v) is 4.58. The molecule has 0 saturated carbocycles. The summed E-state index contributed by atoms with van der Waals surface area (Å²) in [6.07, 6.45) is 2.95. The molecule has 0 spiro atoms. The fourth-order valence-corrected chi connectivity index (χ4v) is 3.01. The number of amides is 1. The van der Waals surface area contributed by atoms with Crippen molar-refractivity contribution in [3.8, 4) is 10.9 Å². The normalized spacial score (nSPS) is 10.4. The second kappa shape index (κ2) is 9.64. The molecule has 3 rings (SSSR count). The van der Waals surface area contributed by atoms with Crippen molar-refractivity contribution in [2.45, 2.75) is 25.8 Å². The molecule has 1 heterocycles. The van der Waals surface area contributed by atoms with E-state index in [1.165, 1.54) is 11.3 Å². The maximum Gasteiger partial charge on any atom is 0.278 e. The van der Waals surface area contributed by atoms with Gasteiger partial charge in [-0.3, -0.25) is 9.59 Å². The fraction of sp³-hybridized carbons (Fsp3) is 0.190. The molecule has 0 bridgehead atoms. The highest BCUT2D eigenvalue weighted by atomic mass is 32.1. The molecule has 0 radical (unpaired) electrons. The summed E-state index contributed by atoms with van der Waals surface area (Å²) < 4.78 is 5.60. The SMILES string of the molecule is O=C(CCCC(=O)c1ccccc1)NCc1ccc(Oc2nccs2)cc1. The summed E-state index contributed by atoms with van der Waals surface area (Å²) in [7, 11) is 0. The van der Waals surface area contributed by atoms with Crippen molar-refractivity contribution in [3.63, 3.8) is 0 Å². The zero-order chi connectivity index (χ0) is 18.9. The Labute approximate surface area is 162 Å². The zero-order valence-electron chi connectivity index (χ0n) is 14.8. The third kappa shape index (κ3) is 6.04. The molecule has 6 heteroatoms. The van der Waals surface area contributed by atoms with E-state index in [4.69, 9.17) is 4.74 Å². The topological polar surface area (TPSA) is 68.3 Å². The molecule has 1 aromatic heterocycles. The van der Waals surface area contributed by atoms with E-state index < -0.39 is 0 Å². The first-order valence-corrected chi connectivity index (χ1v) is 9.60. The molecule has 0 atom stereocenters. The number of ether oxygens (including phenoxy) is 1. The molecule has 1 amide bonds. The summed E-state index contributed by atoms with van der Waals surface area (Å²) in [5, 5.41) is 5.33. The Balaban J connectivity index is 1.37. The van der Waals surface area contributed by atoms with Gasteiger partial charge in [-0.1, -0.05) is 53.8 Å². The van der Waals surface area contributed by atoms with E-state index in [9.17, 15) is 9.59 Å². The zero-order valence-corrected chi connectivity index (χ0v) is 15.6. The quantitative estimate of drug-likeness (QED) is 0.551. The van der Waals surface area contributed by atoms with E-state index >= 15 is 0 Å². The van der Waals surface area contributed by atoms with Gasteiger partial charge in [0.1, 0.15) is 5.75 Å². The second-order valence-electron chi connectivity index (χ2n) is 5.96. The van der Waals surface area contributed by atoms with Gasteiger partial charge in [-0.2, -0.15) is 0 Å². The molecule has 0 aliphatic rings. The molecule has 0 fully saturated rings. The number of thiazole rings is 1. The minimum absolute atomic E-state index is 0.0565. The van der Waals surface area contributed by atoms with Crippen molar-refractivity contribution in [2.75, 3.05) is 0 Å². The highest BCUT2D eigenvalue weighted by Gasteiger charge is 2.07. The lowest BCUT2D eigenvalue weighted by Crippen LogP contribution is -2.22. The Bertz CT molecular complexity index is 862. The van der Waals surface area contributed by atoms with Gasteiger partial charge in [-0.05, 0) is 24.1 Å². The van der Waals surface area contributed by atoms with Crippen molar-refractivity contribution < 1.29 is 14.3 Å². The molecule has 138 valence electrons. The van der Waals surface area contributed by atoms with E-state index in [0.717, 1.165) is 5.56 Å². The molecule has 2 aromatic carbocycles. The molecule has 0 unspecified atom stereocenters. The smallest absolute Gasteiger partial charge is 0.278 e. The van der Waals surface area contributed by atoms with Crippen molar-refractivity contribution in [2.24, 2.45) is 0 Å². The van der Waals surface area contributed by atoms with Crippen LogP contribution in [0.15, 0.2) is 66.2 Å². The monoisotopic (exact) mass is 380 g/mol. The number of rotatable bonds is 9. The number of ketones is 1. The number of benzene rings is 2. The van der Waals surface area contributed by atoms with Crippen LogP contribution in [-0.4, -0.2) is 16.7 Å². The highest BCUT2D eigenvalue weighted by Crippen LogP contribution is 2.23. The number of carbonyl (C=O) groups excluding carboxylic acids is 2. The lowest BCUT2D eigenvalue weighted by Gasteiger charge is -2.07. The van der Waals surface area contributed by atoms with Gasteiger partial charge in [-0.15, -0.1) is 0 Å². The summed E-state index contributed by atoms with van der Waals surface area (Å²) in [6, 6.07) is 16.7. The molecular weight excluding hydrogens is 360 g/mol. The number of hydrogen-bond donors (Lipinski definition) is 1. The molecule has 0 aliphatic heterocycles. The van der Waals surface area contributed by atoms with E-state index in [2.05, 4.69) is 10.3 Å². The van der Waals surface area contributed by atoms with Gasteiger partial charge < -0.3 is 10.1 Å². The highest BCUT2D eigenvalue weighted by molar-refractivity contribution is 7.11. The summed E-state index contributed by atoms with van der Waals surface area (Å²) in [5.41, 5.74) is 1.67. The third-order valence-electron chi connectivity index (χ3n) is 3.93. The van der Waals surface area contributed by atoms with Crippen LogP contribution in [0.5, 0.6) is 10.9 Å². The van der Waals surface area contributed by atoms with E-state index in [1.807, 2.05) is 47.8 Å². The maximum absolute atomic E-state index is 12.0. The predicted octanol–water partition coefficient (Wildman–Crippen LogP) is 4.60. The Morgan fingerprint density at radius 2 is 1.78 bits per heavy atom. The Morgan fingerprint density at radius 3 is 2.48 bits per heavy atom. The molecule has 5 nitrogen and oxygen atoms in total. The van der Waals surface area contributed by atoms with E-state index in [-0.39, 0.29) is 11.7 Å². The number of aromatic nitrogens is 1. The summed E-state index contributed by atoms with van der Waals surface area (Å²) in [6.45, 7) is 0.447. The number of hydrogen-bond acceptors (Lipinski definition) is 5. The molecule has 27 heavy (non-hydrogen) atoms. The number of Topliss-reactive ketones (excluding diaryl/α,β-unsaturated/α-hetero) is 1. The molecule has 0 aliphatic carbocycles. The standard InChI is InChI=1S/C21H20N2O3S/c24-19(17-5-2-1-3-6-17)7-4-8-20(25)23-15-16-9-11-18(12-10-16)26-21-22-13-14-27-21/h1-3,5-6,9-14H,4,7-8,15H2,(H,23,25). The minimum atomic E-state index is -0.0565. The fourth-order valence-electron chi connectivity index (χ4n) is 2.50. The second-order valence-corrected chi connectivity index (χ2v) is 6.82. The van der Waals surface area contributed by atoms with Crippen molar-refractivity contribution in [3.05, 3.63) is 77.3 Å². The van der Waals surface area contributed by atoms with Crippen LogP contribution in [0.1, 0.15) is 35.2 Å². The molecule has 0 saturated heterocycles. The first-order chi connectivity index (χ1) is 13.2. The van der Waals surface area contributed by atoms with Crippen LogP contribution < -0.4 is 10.1 Å². The first kappa shape index (κ1) is 18.8. The van der Waals surface area contributed by atoms with Crippen molar-refractivity contribution >= 4 is 23.0 Å². The Morgan fingerprint density at radius 1 is 1.00 bits per heavy atom. The van der Waals surface area contributed by atoms with Crippen molar-refractivity contribution in [1.29, 1.82) is 0 Å². The van der Waals surface area contributed by atoms with Crippen LogP contribution in [0.25, 0.3) is 0 Å². The van der Waals surface area contributed by atoms with Crippen LogP contribution in [-0.2, 0) is 11.3 Å². The average molecular weight is 380 g/mol.